The van der Waals surface area contributed by atoms with E-state index in [1.807, 2.05) is 78.9 Å². The minimum absolute atomic E-state index is 0.614. The number of benzene rings is 8. The van der Waals surface area contributed by atoms with E-state index in [4.69, 9.17) is 24.9 Å². The van der Waals surface area contributed by atoms with Crippen LogP contribution < -0.4 is 4.90 Å². The highest BCUT2D eigenvalue weighted by Crippen LogP contribution is 2.44. The summed E-state index contributed by atoms with van der Waals surface area (Å²) in [4.78, 5) is 27.6. The van der Waals surface area contributed by atoms with Crippen LogP contribution in [0, 0.1) is 0 Å². The van der Waals surface area contributed by atoms with Gasteiger partial charge < -0.3 is 4.90 Å². The van der Waals surface area contributed by atoms with E-state index in [0.717, 1.165) is 68.0 Å². The molecular weight excluding hydrogens is 757 g/mol. The van der Waals surface area contributed by atoms with Gasteiger partial charge in [0, 0.05) is 56.9 Å². The largest absolute Gasteiger partial charge is 0.310 e. The molecule has 0 aliphatic carbocycles. The van der Waals surface area contributed by atoms with Gasteiger partial charge in [-0.3, -0.25) is 0 Å². The van der Waals surface area contributed by atoms with Gasteiger partial charge in [-0.2, -0.15) is 0 Å². The average molecular weight is 795 g/mol. The second-order valence-electron chi connectivity index (χ2n) is 15.3. The Morgan fingerprint density at radius 3 is 1.19 bits per heavy atom. The third-order valence-electron chi connectivity index (χ3n) is 11.3. The minimum atomic E-state index is 0.614. The van der Waals surface area contributed by atoms with Gasteiger partial charge in [0.15, 0.2) is 23.3 Å². The molecule has 10 aromatic rings. The SMILES string of the molecule is c1ccc(-c2nc(-c3ccc(N4c5ccccc5Cc5ccccc54)cc3)cc(-c3cccc(-c4cccc(-c5nc(-c6ccccc6)nc(-c6ccccc6)n5)c4)c3)n2)cc1. The Morgan fingerprint density at radius 1 is 0.274 bits per heavy atom. The van der Waals surface area contributed by atoms with Gasteiger partial charge >= 0.3 is 0 Å². The maximum absolute atomic E-state index is 5.17. The summed E-state index contributed by atoms with van der Waals surface area (Å²) in [6.07, 6.45) is 0.921. The summed E-state index contributed by atoms with van der Waals surface area (Å²) in [6.45, 7) is 0. The molecule has 62 heavy (non-hydrogen) atoms. The van der Waals surface area contributed by atoms with Crippen LogP contribution in [-0.4, -0.2) is 24.9 Å². The first-order valence-corrected chi connectivity index (χ1v) is 20.8. The van der Waals surface area contributed by atoms with Crippen LogP contribution in [0.2, 0.25) is 0 Å². The average Bonchev–Trinajstić information content (AvgIpc) is 3.36. The van der Waals surface area contributed by atoms with Gasteiger partial charge in [0.1, 0.15) is 0 Å². The molecule has 0 amide bonds. The highest BCUT2D eigenvalue weighted by molar-refractivity contribution is 5.85. The van der Waals surface area contributed by atoms with Crippen molar-refractivity contribution in [3.05, 3.63) is 230 Å². The van der Waals surface area contributed by atoms with Crippen molar-refractivity contribution in [2.45, 2.75) is 6.42 Å². The summed E-state index contributed by atoms with van der Waals surface area (Å²) < 4.78 is 0. The van der Waals surface area contributed by atoms with Crippen LogP contribution in [0.1, 0.15) is 11.1 Å². The fraction of sp³-hybridized carbons (Fsp3) is 0.0179. The van der Waals surface area contributed by atoms with Crippen molar-refractivity contribution < 1.29 is 0 Å². The van der Waals surface area contributed by atoms with Gasteiger partial charge in [-0.05, 0) is 64.7 Å². The molecular formula is C56H38N6. The Kier molecular flexibility index (Phi) is 9.48. The lowest BCUT2D eigenvalue weighted by Gasteiger charge is -2.33. The highest BCUT2D eigenvalue weighted by Gasteiger charge is 2.24. The van der Waals surface area contributed by atoms with E-state index >= 15 is 0 Å². The Morgan fingerprint density at radius 2 is 0.661 bits per heavy atom. The Bertz CT molecular complexity index is 3100. The van der Waals surface area contributed by atoms with Crippen LogP contribution >= 0.6 is 0 Å². The van der Waals surface area contributed by atoms with Gasteiger partial charge in [0.05, 0.1) is 11.4 Å². The first kappa shape index (κ1) is 36.7. The molecule has 0 atom stereocenters. The monoisotopic (exact) mass is 794 g/mol. The molecule has 6 heteroatoms. The lowest BCUT2D eigenvalue weighted by molar-refractivity contribution is 1.07. The van der Waals surface area contributed by atoms with E-state index in [0.29, 0.717) is 23.3 Å². The van der Waals surface area contributed by atoms with Gasteiger partial charge in [0.25, 0.3) is 0 Å². The molecule has 292 valence electrons. The molecule has 8 aromatic carbocycles. The van der Waals surface area contributed by atoms with Gasteiger partial charge in [-0.25, -0.2) is 24.9 Å². The van der Waals surface area contributed by atoms with E-state index in [1.165, 1.54) is 22.5 Å². The van der Waals surface area contributed by atoms with Crippen molar-refractivity contribution >= 4 is 17.1 Å². The number of hydrogen-bond donors (Lipinski definition) is 0. The summed E-state index contributed by atoms with van der Waals surface area (Å²) in [5.74, 6) is 2.55. The number of rotatable bonds is 8. The summed E-state index contributed by atoms with van der Waals surface area (Å²) in [5.41, 5.74) is 15.7. The summed E-state index contributed by atoms with van der Waals surface area (Å²) >= 11 is 0. The molecule has 2 aromatic heterocycles. The van der Waals surface area contributed by atoms with E-state index in [-0.39, 0.29) is 0 Å². The number of anilines is 3. The molecule has 0 saturated heterocycles. The molecule has 11 rings (SSSR count). The minimum Gasteiger partial charge on any atom is -0.310 e. The summed E-state index contributed by atoms with van der Waals surface area (Å²) in [7, 11) is 0. The molecule has 0 radical (unpaired) electrons. The smallest absolute Gasteiger partial charge is 0.164 e. The fourth-order valence-electron chi connectivity index (χ4n) is 8.24. The molecule has 3 heterocycles. The third kappa shape index (κ3) is 7.20. The maximum Gasteiger partial charge on any atom is 0.164 e. The van der Waals surface area contributed by atoms with E-state index in [2.05, 4.69) is 144 Å². The van der Waals surface area contributed by atoms with Crippen molar-refractivity contribution in [1.29, 1.82) is 0 Å². The topological polar surface area (TPSA) is 67.7 Å². The quantitative estimate of drug-likeness (QED) is 0.153. The van der Waals surface area contributed by atoms with Gasteiger partial charge in [-0.1, -0.05) is 176 Å². The highest BCUT2D eigenvalue weighted by atomic mass is 15.2. The Labute approximate surface area is 360 Å². The van der Waals surface area contributed by atoms with E-state index in [1.54, 1.807) is 0 Å². The predicted octanol–water partition coefficient (Wildman–Crippen LogP) is 13.7. The molecule has 0 unspecified atom stereocenters. The number of aromatic nitrogens is 5. The molecule has 0 N–H and O–H groups in total. The summed E-state index contributed by atoms with van der Waals surface area (Å²) in [5, 5.41) is 0. The molecule has 0 spiro atoms. The van der Waals surface area contributed by atoms with Gasteiger partial charge in [0.2, 0.25) is 0 Å². The number of para-hydroxylation sites is 2. The van der Waals surface area contributed by atoms with Crippen LogP contribution in [0.15, 0.2) is 218 Å². The van der Waals surface area contributed by atoms with Crippen LogP contribution in [0.3, 0.4) is 0 Å². The fourth-order valence-corrected chi connectivity index (χ4v) is 8.24. The van der Waals surface area contributed by atoms with Crippen molar-refractivity contribution in [3.63, 3.8) is 0 Å². The molecule has 0 bridgehead atoms. The first-order valence-electron chi connectivity index (χ1n) is 20.8. The zero-order valence-corrected chi connectivity index (χ0v) is 33.7. The van der Waals surface area contributed by atoms with Crippen LogP contribution in [-0.2, 0) is 6.42 Å². The lowest BCUT2D eigenvalue weighted by atomic mass is 9.95. The number of nitrogens with zero attached hydrogens (tertiary/aromatic N) is 6. The molecule has 6 nitrogen and oxygen atoms in total. The van der Waals surface area contributed by atoms with E-state index < -0.39 is 0 Å². The third-order valence-corrected chi connectivity index (χ3v) is 11.3. The zero-order valence-electron chi connectivity index (χ0n) is 33.7. The number of fused-ring (bicyclic) bond motifs is 2. The Hall–Kier alpha value is -8.35. The normalized spacial score (nSPS) is 11.8. The standard InChI is InChI=1S/C56H38N6/c1-4-16-39(17-5-1)53-57-49(38-30-32-48(33-31-38)62-51-28-12-10-22-45(51)36-46-23-11-13-29-52(46)62)37-50(58-53)44-26-14-24-42(34-44)43-25-15-27-47(35-43)56-60-54(40-18-6-2-7-19-40)59-55(61-56)41-20-8-3-9-21-41/h1-35,37H,36H2. The molecule has 0 saturated carbocycles. The summed E-state index contributed by atoms with van der Waals surface area (Å²) in [6, 6.07) is 75.5. The van der Waals surface area contributed by atoms with Crippen LogP contribution in [0.25, 0.3) is 79.2 Å². The molecule has 1 aliphatic heterocycles. The lowest BCUT2D eigenvalue weighted by Crippen LogP contribution is -2.18. The van der Waals surface area contributed by atoms with Crippen LogP contribution in [0.4, 0.5) is 17.1 Å². The Balaban J connectivity index is 0.964. The maximum atomic E-state index is 5.17. The predicted molar refractivity (Wildman–Crippen MR) is 251 cm³/mol. The second-order valence-corrected chi connectivity index (χ2v) is 15.3. The van der Waals surface area contributed by atoms with E-state index in [9.17, 15) is 0 Å². The van der Waals surface area contributed by atoms with Crippen molar-refractivity contribution in [2.24, 2.45) is 0 Å². The van der Waals surface area contributed by atoms with Gasteiger partial charge in [-0.15, -0.1) is 0 Å². The van der Waals surface area contributed by atoms with Crippen molar-refractivity contribution in [3.8, 4) is 79.2 Å². The number of hydrogen-bond acceptors (Lipinski definition) is 6. The second kappa shape index (κ2) is 16.0. The molecule has 0 fully saturated rings. The molecule has 1 aliphatic rings. The zero-order chi connectivity index (χ0) is 41.2. The van der Waals surface area contributed by atoms with Crippen molar-refractivity contribution in [1.82, 2.24) is 24.9 Å². The van der Waals surface area contributed by atoms with Crippen molar-refractivity contribution in [2.75, 3.05) is 4.90 Å². The first-order chi connectivity index (χ1) is 30.7. The van der Waals surface area contributed by atoms with Crippen LogP contribution in [0.5, 0.6) is 0 Å².